The third-order valence-electron chi connectivity index (χ3n) is 4.19. The zero-order valence-electron chi connectivity index (χ0n) is 12.5. The highest BCUT2D eigenvalue weighted by molar-refractivity contribution is 5.97. The van der Waals surface area contributed by atoms with Gasteiger partial charge in [0.1, 0.15) is 0 Å². The van der Waals surface area contributed by atoms with Gasteiger partial charge in [-0.05, 0) is 49.9 Å². The molecule has 1 saturated carbocycles. The first-order valence-corrected chi connectivity index (χ1v) is 7.82. The molecule has 0 bridgehead atoms. The summed E-state index contributed by atoms with van der Waals surface area (Å²) in [4.78, 5) is 26.1. The maximum atomic E-state index is 12.5. The van der Waals surface area contributed by atoms with E-state index in [4.69, 9.17) is 5.73 Å². The topological polar surface area (TPSA) is 87.5 Å². The number of nitrogens with two attached hydrogens (primary N) is 1. The number of rotatable bonds is 4. The van der Waals surface area contributed by atoms with Gasteiger partial charge in [-0.25, -0.2) is 4.79 Å². The van der Waals surface area contributed by atoms with Crippen molar-refractivity contribution in [2.24, 2.45) is 11.7 Å². The quantitative estimate of drug-likeness (QED) is 0.785. The minimum Gasteiger partial charge on any atom is -0.338 e. The first-order valence-electron chi connectivity index (χ1n) is 7.82. The summed E-state index contributed by atoms with van der Waals surface area (Å²) < 4.78 is 0. The van der Waals surface area contributed by atoms with Crippen LogP contribution < -0.4 is 16.4 Å². The molecule has 1 unspecified atom stereocenters. The van der Waals surface area contributed by atoms with Crippen molar-refractivity contribution in [3.05, 3.63) is 29.8 Å². The van der Waals surface area contributed by atoms with Gasteiger partial charge >= 0.3 is 6.03 Å². The number of nitrogens with one attached hydrogen (secondary N) is 2. The molecule has 1 aliphatic carbocycles. The number of hydrogen-bond acceptors (Lipinski definition) is 3. The molecule has 1 saturated heterocycles. The molecule has 1 aliphatic heterocycles. The van der Waals surface area contributed by atoms with Crippen LogP contribution in [0.5, 0.6) is 0 Å². The Labute approximate surface area is 130 Å². The summed E-state index contributed by atoms with van der Waals surface area (Å²) in [5, 5.41) is 5.64. The molecule has 2 aliphatic rings. The van der Waals surface area contributed by atoms with Crippen LogP contribution >= 0.6 is 0 Å². The van der Waals surface area contributed by atoms with Crippen LogP contribution in [-0.4, -0.2) is 42.5 Å². The van der Waals surface area contributed by atoms with Gasteiger partial charge in [-0.15, -0.1) is 0 Å². The van der Waals surface area contributed by atoms with Crippen molar-refractivity contribution < 1.29 is 9.59 Å². The highest BCUT2D eigenvalue weighted by Gasteiger charge is 2.26. The molecule has 118 valence electrons. The van der Waals surface area contributed by atoms with Gasteiger partial charge < -0.3 is 21.3 Å². The van der Waals surface area contributed by atoms with Gasteiger partial charge in [0.25, 0.3) is 5.91 Å². The number of amides is 3. The molecule has 1 atom stereocenters. The molecular formula is C16H22N4O2. The lowest BCUT2D eigenvalue weighted by molar-refractivity contribution is 0.0787. The summed E-state index contributed by atoms with van der Waals surface area (Å²) in [5.41, 5.74) is 6.90. The average Bonchev–Trinajstić information content (AvgIpc) is 3.19. The second-order valence-corrected chi connectivity index (χ2v) is 6.10. The molecule has 0 spiro atoms. The Morgan fingerprint density at radius 1 is 1.27 bits per heavy atom. The highest BCUT2D eigenvalue weighted by atomic mass is 16.2. The van der Waals surface area contributed by atoms with Crippen molar-refractivity contribution in [2.75, 3.05) is 25.0 Å². The Kier molecular flexibility index (Phi) is 4.29. The van der Waals surface area contributed by atoms with Crippen LogP contribution in [0.3, 0.4) is 0 Å². The van der Waals surface area contributed by atoms with Gasteiger partial charge in [-0.3, -0.25) is 4.79 Å². The summed E-state index contributed by atoms with van der Waals surface area (Å²) in [7, 11) is 0. The first kappa shape index (κ1) is 14.8. The van der Waals surface area contributed by atoms with Crippen LogP contribution in [0.15, 0.2) is 24.3 Å². The van der Waals surface area contributed by atoms with Crippen LogP contribution in [0.4, 0.5) is 10.5 Å². The monoisotopic (exact) mass is 302 g/mol. The molecule has 1 aromatic rings. The molecule has 1 aromatic carbocycles. The van der Waals surface area contributed by atoms with E-state index in [1.165, 1.54) is 0 Å². The molecule has 0 radical (unpaired) electrons. The molecule has 4 N–H and O–H groups in total. The van der Waals surface area contributed by atoms with Gasteiger partial charge in [0, 0.05) is 30.4 Å². The number of carbonyl (C=O) groups excluding carboxylic acids is 2. The maximum Gasteiger partial charge on any atom is 0.319 e. The summed E-state index contributed by atoms with van der Waals surface area (Å²) >= 11 is 0. The Hall–Kier alpha value is -2.08. The Bertz CT molecular complexity index is 571. The minimum atomic E-state index is -0.212. The van der Waals surface area contributed by atoms with Gasteiger partial charge in [0.15, 0.2) is 0 Å². The fourth-order valence-corrected chi connectivity index (χ4v) is 2.70. The van der Waals surface area contributed by atoms with Crippen LogP contribution in [0.25, 0.3) is 0 Å². The lowest BCUT2D eigenvalue weighted by atomic mass is 10.1. The van der Waals surface area contributed by atoms with Crippen LogP contribution in [0.1, 0.15) is 29.6 Å². The van der Waals surface area contributed by atoms with E-state index in [1.54, 1.807) is 24.3 Å². The normalized spacial score (nSPS) is 20.8. The molecule has 22 heavy (non-hydrogen) atoms. The number of carbonyl (C=O) groups is 2. The SMILES string of the molecule is NCC1CCN(C(=O)c2cccc(NC(=O)NC3CC3)c2)C1. The van der Waals surface area contributed by atoms with Gasteiger partial charge in [0.2, 0.25) is 0 Å². The number of benzene rings is 1. The zero-order valence-corrected chi connectivity index (χ0v) is 12.5. The molecule has 1 heterocycles. The Morgan fingerprint density at radius 3 is 2.77 bits per heavy atom. The molecule has 6 heteroatoms. The number of anilines is 1. The predicted octanol–water partition coefficient (Wildman–Crippen LogP) is 1.39. The minimum absolute atomic E-state index is 0.00204. The van der Waals surface area contributed by atoms with E-state index in [2.05, 4.69) is 10.6 Å². The van der Waals surface area contributed by atoms with Crippen LogP contribution in [-0.2, 0) is 0 Å². The van der Waals surface area contributed by atoms with Crippen molar-refractivity contribution in [1.29, 1.82) is 0 Å². The van der Waals surface area contributed by atoms with Crippen LogP contribution in [0, 0.1) is 5.92 Å². The number of urea groups is 1. The maximum absolute atomic E-state index is 12.5. The summed E-state index contributed by atoms with van der Waals surface area (Å²) in [6.07, 6.45) is 3.05. The van der Waals surface area contributed by atoms with Crippen molar-refractivity contribution in [3.63, 3.8) is 0 Å². The molecular weight excluding hydrogens is 280 g/mol. The smallest absolute Gasteiger partial charge is 0.319 e. The van der Waals surface area contributed by atoms with Crippen molar-refractivity contribution >= 4 is 17.6 Å². The lowest BCUT2D eigenvalue weighted by Gasteiger charge is -2.17. The highest BCUT2D eigenvalue weighted by Crippen LogP contribution is 2.21. The fraction of sp³-hybridized carbons (Fsp3) is 0.500. The van der Waals surface area contributed by atoms with E-state index in [0.717, 1.165) is 32.4 Å². The summed E-state index contributed by atoms with van der Waals surface area (Å²) in [6.45, 7) is 2.09. The lowest BCUT2D eigenvalue weighted by Crippen LogP contribution is -2.31. The standard InChI is InChI=1S/C16H22N4O2/c17-9-11-6-7-20(10-11)15(21)12-2-1-3-14(8-12)19-16(22)18-13-4-5-13/h1-3,8,11,13H,4-7,9-10,17H2,(H2,18,19,22). The first-order chi connectivity index (χ1) is 10.7. The molecule has 6 nitrogen and oxygen atoms in total. The molecule has 3 rings (SSSR count). The largest absolute Gasteiger partial charge is 0.338 e. The molecule has 2 fully saturated rings. The number of nitrogens with zero attached hydrogens (tertiary/aromatic N) is 1. The number of likely N-dealkylation sites (tertiary alicyclic amines) is 1. The van der Waals surface area contributed by atoms with E-state index in [9.17, 15) is 9.59 Å². The summed E-state index contributed by atoms with van der Waals surface area (Å²) in [6, 6.07) is 7.18. The average molecular weight is 302 g/mol. The van der Waals surface area contributed by atoms with Gasteiger partial charge in [-0.2, -0.15) is 0 Å². The van der Waals surface area contributed by atoms with E-state index in [-0.39, 0.29) is 11.9 Å². The fourth-order valence-electron chi connectivity index (χ4n) is 2.70. The van der Waals surface area contributed by atoms with Crippen molar-refractivity contribution in [1.82, 2.24) is 10.2 Å². The van der Waals surface area contributed by atoms with Crippen LogP contribution in [0.2, 0.25) is 0 Å². The van der Waals surface area contributed by atoms with E-state index < -0.39 is 0 Å². The Morgan fingerprint density at radius 2 is 2.09 bits per heavy atom. The van der Waals surface area contributed by atoms with Gasteiger partial charge in [0.05, 0.1) is 0 Å². The Balaban J connectivity index is 1.62. The van der Waals surface area contributed by atoms with Crippen molar-refractivity contribution in [2.45, 2.75) is 25.3 Å². The zero-order chi connectivity index (χ0) is 15.5. The predicted molar refractivity (Wildman–Crippen MR) is 84.7 cm³/mol. The summed E-state index contributed by atoms with van der Waals surface area (Å²) in [5.74, 6) is 0.400. The van der Waals surface area contributed by atoms with Crippen molar-refractivity contribution in [3.8, 4) is 0 Å². The van der Waals surface area contributed by atoms with Gasteiger partial charge in [-0.1, -0.05) is 6.07 Å². The molecule has 3 amide bonds. The van der Waals surface area contributed by atoms with E-state index >= 15 is 0 Å². The molecule has 0 aromatic heterocycles. The second-order valence-electron chi connectivity index (χ2n) is 6.10. The van der Waals surface area contributed by atoms with E-state index in [1.807, 2.05) is 4.90 Å². The third-order valence-corrected chi connectivity index (χ3v) is 4.19. The van der Waals surface area contributed by atoms with E-state index in [0.29, 0.717) is 29.8 Å². The second kappa shape index (κ2) is 6.36. The number of hydrogen-bond donors (Lipinski definition) is 3. The third kappa shape index (κ3) is 3.57.